The number of aromatic hydroxyl groups is 1. The van der Waals surface area contributed by atoms with Gasteiger partial charge in [-0.15, -0.1) is 0 Å². The first kappa shape index (κ1) is 13.6. The van der Waals surface area contributed by atoms with Gasteiger partial charge in [-0.2, -0.15) is 5.10 Å². The first-order valence-corrected chi connectivity index (χ1v) is 6.29. The molecule has 4 N–H and O–H groups in total. The Hall–Kier alpha value is -3.42. The van der Waals surface area contributed by atoms with Crippen LogP contribution in [0.1, 0.15) is 16.1 Å². The lowest BCUT2D eigenvalue weighted by Gasteiger charge is -2.04. The summed E-state index contributed by atoms with van der Waals surface area (Å²) in [4.78, 5) is 11.7. The maximum absolute atomic E-state index is 11.7. The summed E-state index contributed by atoms with van der Waals surface area (Å²) in [6, 6.07) is 10.8. The van der Waals surface area contributed by atoms with E-state index in [1.807, 2.05) is 24.3 Å². The minimum absolute atomic E-state index is 0.0549. The van der Waals surface area contributed by atoms with Crippen LogP contribution in [0.3, 0.4) is 0 Å². The number of phenols is 1. The summed E-state index contributed by atoms with van der Waals surface area (Å²) in [7, 11) is 0. The van der Waals surface area contributed by atoms with Crippen LogP contribution < -0.4 is 11.2 Å². The molecular formula is C14H11N5O3. The van der Waals surface area contributed by atoms with Crippen LogP contribution in [0.25, 0.3) is 10.8 Å². The second kappa shape index (κ2) is 5.52. The first-order chi connectivity index (χ1) is 10.7. The molecule has 0 aliphatic heterocycles. The van der Waals surface area contributed by atoms with Gasteiger partial charge in [0.05, 0.1) is 6.21 Å². The number of hydrazone groups is 1. The van der Waals surface area contributed by atoms with Gasteiger partial charge in [-0.1, -0.05) is 30.3 Å². The van der Waals surface area contributed by atoms with E-state index in [4.69, 9.17) is 5.73 Å². The number of nitrogens with two attached hydrogens (primary N) is 1. The summed E-state index contributed by atoms with van der Waals surface area (Å²) < 4.78 is 4.33. The van der Waals surface area contributed by atoms with Gasteiger partial charge in [-0.05, 0) is 27.2 Å². The van der Waals surface area contributed by atoms with Crippen molar-refractivity contribution in [3.05, 3.63) is 47.7 Å². The number of hydrogen-bond donors (Lipinski definition) is 3. The molecule has 0 bridgehead atoms. The summed E-state index contributed by atoms with van der Waals surface area (Å²) in [6.07, 6.45) is 1.35. The minimum Gasteiger partial charge on any atom is -0.507 e. The highest BCUT2D eigenvalue weighted by molar-refractivity contribution is 6.03. The van der Waals surface area contributed by atoms with Crippen LogP contribution in [0.5, 0.6) is 5.75 Å². The fourth-order valence-electron chi connectivity index (χ4n) is 1.98. The van der Waals surface area contributed by atoms with Crippen LogP contribution in [0.4, 0.5) is 5.82 Å². The van der Waals surface area contributed by atoms with Gasteiger partial charge in [0.25, 0.3) is 5.91 Å². The fourth-order valence-corrected chi connectivity index (χ4v) is 1.98. The zero-order valence-corrected chi connectivity index (χ0v) is 11.2. The van der Waals surface area contributed by atoms with Crippen molar-refractivity contribution < 1.29 is 14.5 Å². The number of aromatic nitrogens is 2. The van der Waals surface area contributed by atoms with Crippen molar-refractivity contribution in [2.24, 2.45) is 5.10 Å². The average molecular weight is 297 g/mol. The Morgan fingerprint density at radius 3 is 2.86 bits per heavy atom. The molecular weight excluding hydrogens is 286 g/mol. The second-order valence-electron chi connectivity index (χ2n) is 4.42. The standard InChI is InChI=1S/C14H11N5O3/c15-13-12(18-22-19-13)14(21)17-16-7-10-9-4-2-1-3-8(9)5-6-11(10)20/h1-7,20H,(H2,15,19)(H,17,21)/b16-7-. The third-order valence-corrected chi connectivity index (χ3v) is 3.04. The lowest BCUT2D eigenvalue weighted by atomic mass is 10.0. The Bertz CT molecular complexity index is 872. The monoisotopic (exact) mass is 297 g/mol. The van der Waals surface area contributed by atoms with E-state index in [2.05, 4.69) is 25.5 Å². The number of phenolic OH excluding ortho intramolecular Hbond substituents is 1. The minimum atomic E-state index is -0.658. The number of hydrogen-bond acceptors (Lipinski definition) is 7. The number of fused-ring (bicyclic) bond motifs is 1. The molecule has 8 heteroatoms. The Balaban J connectivity index is 1.86. The molecule has 3 aromatic rings. The quantitative estimate of drug-likeness (QED) is 0.493. The Morgan fingerprint density at radius 2 is 2.09 bits per heavy atom. The van der Waals surface area contributed by atoms with Gasteiger partial charge in [0, 0.05) is 5.56 Å². The van der Waals surface area contributed by atoms with Gasteiger partial charge >= 0.3 is 0 Å². The molecule has 0 radical (unpaired) electrons. The van der Waals surface area contributed by atoms with Crippen molar-refractivity contribution in [3.8, 4) is 5.75 Å². The fraction of sp³-hybridized carbons (Fsp3) is 0. The smallest absolute Gasteiger partial charge is 0.297 e. The van der Waals surface area contributed by atoms with E-state index in [0.717, 1.165) is 10.8 Å². The zero-order chi connectivity index (χ0) is 15.5. The predicted molar refractivity (Wildman–Crippen MR) is 79.4 cm³/mol. The molecule has 0 spiro atoms. The van der Waals surface area contributed by atoms with Gasteiger partial charge in [0.1, 0.15) is 5.75 Å². The van der Waals surface area contributed by atoms with Gasteiger partial charge < -0.3 is 10.8 Å². The molecule has 1 aromatic heterocycles. The summed E-state index contributed by atoms with van der Waals surface area (Å²) >= 11 is 0. The number of benzene rings is 2. The van der Waals surface area contributed by atoms with Crippen LogP contribution in [-0.4, -0.2) is 27.5 Å². The maximum atomic E-state index is 11.7. The molecule has 1 amide bonds. The normalized spacial score (nSPS) is 11.1. The Morgan fingerprint density at radius 1 is 1.27 bits per heavy atom. The van der Waals surface area contributed by atoms with Crippen LogP contribution >= 0.6 is 0 Å². The highest BCUT2D eigenvalue weighted by Gasteiger charge is 2.15. The number of nitrogen functional groups attached to an aromatic ring is 1. The molecule has 1 heterocycles. The summed E-state index contributed by atoms with van der Waals surface area (Å²) in [5, 5.41) is 22.2. The Labute approximate surface area is 124 Å². The molecule has 0 fully saturated rings. The van der Waals surface area contributed by atoms with Crippen molar-refractivity contribution in [1.82, 2.24) is 15.7 Å². The number of carbonyl (C=O) groups excluding carboxylic acids is 1. The van der Waals surface area contributed by atoms with Crippen LogP contribution in [-0.2, 0) is 0 Å². The molecule has 8 nitrogen and oxygen atoms in total. The molecule has 22 heavy (non-hydrogen) atoms. The van der Waals surface area contributed by atoms with Crippen molar-refractivity contribution in [3.63, 3.8) is 0 Å². The molecule has 3 rings (SSSR count). The lowest BCUT2D eigenvalue weighted by Crippen LogP contribution is -2.19. The van der Waals surface area contributed by atoms with Crippen LogP contribution in [0, 0.1) is 0 Å². The topological polar surface area (TPSA) is 127 Å². The number of carbonyl (C=O) groups is 1. The predicted octanol–water partition coefficient (Wildman–Crippen LogP) is 1.27. The number of anilines is 1. The van der Waals surface area contributed by atoms with E-state index in [-0.39, 0.29) is 17.3 Å². The summed E-state index contributed by atoms with van der Waals surface area (Å²) in [6.45, 7) is 0. The van der Waals surface area contributed by atoms with Crippen molar-refractivity contribution in [1.29, 1.82) is 0 Å². The van der Waals surface area contributed by atoms with E-state index in [1.165, 1.54) is 6.21 Å². The SMILES string of the molecule is Nc1nonc1C(=O)N/N=C\c1c(O)ccc2ccccc12. The molecule has 0 unspecified atom stereocenters. The highest BCUT2D eigenvalue weighted by Crippen LogP contribution is 2.25. The van der Waals surface area contributed by atoms with Gasteiger partial charge in [0.15, 0.2) is 0 Å². The number of nitrogens with zero attached hydrogens (tertiary/aromatic N) is 3. The summed E-state index contributed by atoms with van der Waals surface area (Å²) in [5.41, 5.74) is 7.98. The summed E-state index contributed by atoms with van der Waals surface area (Å²) in [5.74, 6) is -0.727. The van der Waals surface area contributed by atoms with E-state index in [9.17, 15) is 9.90 Å². The molecule has 2 aromatic carbocycles. The van der Waals surface area contributed by atoms with Crippen LogP contribution in [0.2, 0.25) is 0 Å². The van der Waals surface area contributed by atoms with Crippen molar-refractivity contribution in [2.75, 3.05) is 5.73 Å². The largest absolute Gasteiger partial charge is 0.507 e. The van der Waals surface area contributed by atoms with Gasteiger partial charge in [0.2, 0.25) is 11.5 Å². The molecule has 0 saturated carbocycles. The number of amides is 1. The van der Waals surface area contributed by atoms with Gasteiger partial charge in [-0.25, -0.2) is 10.1 Å². The highest BCUT2D eigenvalue weighted by atomic mass is 16.6. The lowest BCUT2D eigenvalue weighted by molar-refractivity contribution is 0.0946. The molecule has 0 aliphatic carbocycles. The third kappa shape index (κ3) is 2.44. The number of nitrogens with one attached hydrogen (secondary N) is 1. The molecule has 0 atom stereocenters. The average Bonchev–Trinajstić information content (AvgIpc) is 2.95. The van der Waals surface area contributed by atoms with E-state index in [0.29, 0.717) is 5.56 Å². The van der Waals surface area contributed by atoms with E-state index < -0.39 is 5.91 Å². The Kier molecular flexibility index (Phi) is 3.40. The molecule has 0 saturated heterocycles. The second-order valence-corrected chi connectivity index (χ2v) is 4.42. The third-order valence-electron chi connectivity index (χ3n) is 3.04. The van der Waals surface area contributed by atoms with Crippen LogP contribution in [0.15, 0.2) is 46.1 Å². The zero-order valence-electron chi connectivity index (χ0n) is 11.2. The number of rotatable bonds is 3. The molecule has 110 valence electrons. The van der Waals surface area contributed by atoms with E-state index >= 15 is 0 Å². The van der Waals surface area contributed by atoms with Crippen molar-refractivity contribution >= 4 is 28.7 Å². The van der Waals surface area contributed by atoms with E-state index in [1.54, 1.807) is 12.1 Å². The molecule has 0 aliphatic rings. The van der Waals surface area contributed by atoms with Crippen molar-refractivity contribution in [2.45, 2.75) is 0 Å². The van der Waals surface area contributed by atoms with Gasteiger partial charge in [-0.3, -0.25) is 4.79 Å². The maximum Gasteiger partial charge on any atom is 0.297 e. The first-order valence-electron chi connectivity index (χ1n) is 6.29.